The molecule has 1 N–H and O–H groups in total. The summed E-state index contributed by atoms with van der Waals surface area (Å²) in [6.45, 7) is 0. The molecule has 0 amide bonds. The molecule has 3 aromatic rings. The van der Waals surface area contributed by atoms with E-state index in [0.29, 0.717) is 6.07 Å². The number of alkyl halides is 3. The van der Waals surface area contributed by atoms with Gasteiger partial charge < -0.3 is 5.11 Å². The number of aromatic hydroxyl groups is 1. The maximum atomic E-state index is 12.9. The molecule has 0 spiro atoms. The molecule has 0 unspecified atom stereocenters. The van der Waals surface area contributed by atoms with Gasteiger partial charge in [0.1, 0.15) is 17.5 Å². The van der Waals surface area contributed by atoms with Crippen LogP contribution in [-0.4, -0.2) is 14.7 Å². The Morgan fingerprint density at radius 1 is 1.12 bits per heavy atom. The SMILES string of the molecule is N#Cc1c(O)c2ccc(C(F)(F)F)nc2n(-c2ccccc2)c1=O. The molecule has 0 radical (unpaired) electrons. The summed E-state index contributed by atoms with van der Waals surface area (Å²) >= 11 is 0. The Labute approximate surface area is 132 Å². The molecule has 8 heteroatoms. The zero-order chi connectivity index (χ0) is 17.5. The van der Waals surface area contributed by atoms with E-state index < -0.39 is 28.7 Å². The highest BCUT2D eigenvalue weighted by atomic mass is 19.4. The van der Waals surface area contributed by atoms with E-state index in [2.05, 4.69) is 4.98 Å². The van der Waals surface area contributed by atoms with Gasteiger partial charge in [-0.1, -0.05) is 18.2 Å². The van der Waals surface area contributed by atoms with Crippen molar-refractivity contribution in [3.8, 4) is 17.5 Å². The Morgan fingerprint density at radius 2 is 1.79 bits per heavy atom. The highest BCUT2D eigenvalue weighted by Crippen LogP contribution is 2.32. The highest BCUT2D eigenvalue weighted by molar-refractivity contribution is 5.86. The van der Waals surface area contributed by atoms with Crippen molar-refractivity contribution in [3.63, 3.8) is 0 Å². The molecule has 2 aromatic heterocycles. The summed E-state index contributed by atoms with van der Waals surface area (Å²) in [4.78, 5) is 15.9. The van der Waals surface area contributed by atoms with E-state index in [1.54, 1.807) is 24.3 Å². The summed E-state index contributed by atoms with van der Waals surface area (Å²) in [5, 5.41) is 19.0. The molecule has 120 valence electrons. The van der Waals surface area contributed by atoms with Crippen LogP contribution in [0.3, 0.4) is 0 Å². The minimum atomic E-state index is -4.71. The predicted octanol–water partition coefficient (Wildman–Crippen LogP) is 2.98. The topological polar surface area (TPSA) is 78.9 Å². The second kappa shape index (κ2) is 5.38. The Hall–Kier alpha value is -3.34. The van der Waals surface area contributed by atoms with Crippen molar-refractivity contribution in [1.29, 1.82) is 5.26 Å². The quantitative estimate of drug-likeness (QED) is 0.743. The van der Waals surface area contributed by atoms with Gasteiger partial charge in [0.05, 0.1) is 11.1 Å². The fourth-order valence-electron chi connectivity index (χ4n) is 2.32. The molecule has 1 aromatic carbocycles. The van der Waals surface area contributed by atoms with Crippen LogP contribution in [0, 0.1) is 11.3 Å². The molecule has 0 saturated heterocycles. The summed E-state index contributed by atoms with van der Waals surface area (Å²) in [6, 6.07) is 11.1. The molecule has 2 heterocycles. The van der Waals surface area contributed by atoms with E-state index in [4.69, 9.17) is 5.26 Å². The van der Waals surface area contributed by atoms with E-state index in [1.807, 2.05) is 0 Å². The number of benzene rings is 1. The minimum absolute atomic E-state index is 0.122. The van der Waals surface area contributed by atoms with E-state index in [1.165, 1.54) is 12.1 Å². The van der Waals surface area contributed by atoms with Crippen LogP contribution in [0.5, 0.6) is 5.75 Å². The maximum absolute atomic E-state index is 12.9. The summed E-state index contributed by atoms with van der Waals surface area (Å²) < 4.78 is 39.7. The second-order valence-corrected chi connectivity index (χ2v) is 4.88. The van der Waals surface area contributed by atoms with E-state index in [0.717, 1.165) is 10.6 Å². The van der Waals surface area contributed by atoms with Gasteiger partial charge >= 0.3 is 6.18 Å². The largest absolute Gasteiger partial charge is 0.506 e. The van der Waals surface area contributed by atoms with Crippen molar-refractivity contribution >= 4 is 11.0 Å². The van der Waals surface area contributed by atoms with Crippen molar-refractivity contribution in [2.75, 3.05) is 0 Å². The average molecular weight is 331 g/mol. The van der Waals surface area contributed by atoms with Crippen LogP contribution in [-0.2, 0) is 6.18 Å². The summed E-state index contributed by atoms with van der Waals surface area (Å²) in [5.74, 6) is -0.689. The predicted molar refractivity (Wildman–Crippen MR) is 78.7 cm³/mol. The molecule has 5 nitrogen and oxygen atoms in total. The number of halogens is 3. The lowest BCUT2D eigenvalue weighted by Gasteiger charge is -2.14. The number of nitriles is 1. The third-order valence-corrected chi connectivity index (χ3v) is 3.41. The first-order valence-corrected chi connectivity index (χ1v) is 6.66. The standard InChI is InChI=1S/C16H8F3N3O2/c17-16(18,19)12-7-6-10-13(23)11(8-20)15(24)22(14(10)21-12)9-4-2-1-3-5-9/h1-7,23H. The molecule has 0 fully saturated rings. The maximum Gasteiger partial charge on any atom is 0.433 e. The Kier molecular flexibility index (Phi) is 3.49. The zero-order valence-corrected chi connectivity index (χ0v) is 11.9. The average Bonchev–Trinajstić information content (AvgIpc) is 2.55. The zero-order valence-electron chi connectivity index (χ0n) is 11.9. The van der Waals surface area contributed by atoms with Crippen LogP contribution in [0.25, 0.3) is 16.7 Å². The number of pyridine rings is 2. The van der Waals surface area contributed by atoms with Crippen LogP contribution >= 0.6 is 0 Å². The Balaban J connectivity index is 2.52. The smallest absolute Gasteiger partial charge is 0.433 e. The van der Waals surface area contributed by atoms with E-state index >= 15 is 0 Å². The van der Waals surface area contributed by atoms with Gasteiger partial charge in [-0.2, -0.15) is 18.4 Å². The van der Waals surface area contributed by atoms with Crippen LogP contribution in [0.15, 0.2) is 47.3 Å². The first-order valence-electron chi connectivity index (χ1n) is 6.66. The van der Waals surface area contributed by atoms with Gasteiger partial charge in [0, 0.05) is 0 Å². The first kappa shape index (κ1) is 15.6. The molecule has 0 bridgehead atoms. The summed E-state index contributed by atoms with van der Waals surface area (Å²) in [5.41, 5.74) is -2.86. The first-order chi connectivity index (χ1) is 11.3. The van der Waals surface area contributed by atoms with Crippen molar-refractivity contribution < 1.29 is 18.3 Å². The van der Waals surface area contributed by atoms with Gasteiger partial charge in [0.2, 0.25) is 0 Å². The van der Waals surface area contributed by atoms with Crippen LogP contribution in [0.1, 0.15) is 11.3 Å². The third-order valence-electron chi connectivity index (χ3n) is 3.41. The van der Waals surface area contributed by atoms with Crippen molar-refractivity contribution in [1.82, 2.24) is 9.55 Å². The Bertz CT molecular complexity index is 1030. The number of hydrogen-bond acceptors (Lipinski definition) is 4. The normalized spacial score (nSPS) is 11.4. The molecule has 0 aliphatic rings. The van der Waals surface area contributed by atoms with Crippen LogP contribution < -0.4 is 5.56 Å². The number of hydrogen-bond donors (Lipinski definition) is 1. The van der Waals surface area contributed by atoms with Gasteiger partial charge in [-0.3, -0.25) is 9.36 Å². The van der Waals surface area contributed by atoms with Gasteiger partial charge in [0.15, 0.2) is 11.2 Å². The van der Waals surface area contributed by atoms with Crippen molar-refractivity contribution in [2.45, 2.75) is 6.18 Å². The molecular formula is C16H8F3N3O2. The molecule has 0 aliphatic carbocycles. The molecule has 3 rings (SSSR count). The Morgan fingerprint density at radius 3 is 2.38 bits per heavy atom. The lowest BCUT2D eigenvalue weighted by Crippen LogP contribution is -2.23. The minimum Gasteiger partial charge on any atom is -0.506 e. The van der Waals surface area contributed by atoms with Crippen LogP contribution in [0.4, 0.5) is 13.2 Å². The molecule has 0 atom stereocenters. The van der Waals surface area contributed by atoms with Gasteiger partial charge in [-0.05, 0) is 24.3 Å². The number of fused-ring (bicyclic) bond motifs is 1. The van der Waals surface area contributed by atoms with E-state index in [9.17, 15) is 23.1 Å². The lowest BCUT2D eigenvalue weighted by molar-refractivity contribution is -0.141. The van der Waals surface area contributed by atoms with Gasteiger partial charge in [0.25, 0.3) is 5.56 Å². The van der Waals surface area contributed by atoms with Gasteiger partial charge in [-0.15, -0.1) is 0 Å². The number of aromatic nitrogens is 2. The second-order valence-electron chi connectivity index (χ2n) is 4.88. The molecule has 0 aliphatic heterocycles. The fraction of sp³-hybridized carbons (Fsp3) is 0.0625. The lowest BCUT2D eigenvalue weighted by atomic mass is 10.1. The third kappa shape index (κ3) is 2.36. The van der Waals surface area contributed by atoms with Crippen LogP contribution in [0.2, 0.25) is 0 Å². The number of nitrogens with zero attached hydrogens (tertiary/aromatic N) is 3. The molecule has 24 heavy (non-hydrogen) atoms. The molecule has 0 saturated carbocycles. The summed E-state index contributed by atoms with van der Waals surface area (Å²) in [6.07, 6.45) is -4.71. The number of para-hydroxylation sites is 1. The van der Waals surface area contributed by atoms with Crippen molar-refractivity contribution in [3.05, 3.63) is 64.1 Å². The molecular weight excluding hydrogens is 323 g/mol. The highest BCUT2D eigenvalue weighted by Gasteiger charge is 2.33. The fourth-order valence-corrected chi connectivity index (χ4v) is 2.32. The summed E-state index contributed by atoms with van der Waals surface area (Å²) in [7, 11) is 0. The monoisotopic (exact) mass is 331 g/mol. The number of rotatable bonds is 1. The van der Waals surface area contributed by atoms with Crippen molar-refractivity contribution in [2.24, 2.45) is 0 Å². The van der Waals surface area contributed by atoms with E-state index in [-0.39, 0.29) is 16.7 Å². The van der Waals surface area contributed by atoms with Gasteiger partial charge in [-0.25, -0.2) is 4.98 Å².